The number of aldehydes is 1. The maximum atomic E-state index is 10.7. The Bertz CT molecular complexity index is 484. The van der Waals surface area contributed by atoms with E-state index in [1.54, 1.807) is 0 Å². The molecule has 0 fully saturated rings. The molecule has 0 aliphatic rings. The zero-order valence-electron chi connectivity index (χ0n) is 9.65. The number of fused-ring (bicyclic) bond motifs is 1. The Balaban J connectivity index is 2.23. The molecular weight excluding hydrogens is 198 g/mol. The van der Waals surface area contributed by atoms with E-state index in [2.05, 4.69) is 23.8 Å². The second-order valence-electron chi connectivity index (χ2n) is 4.15. The van der Waals surface area contributed by atoms with Crippen molar-refractivity contribution >= 4 is 17.2 Å². The molecule has 2 aromatic rings. The number of hydrogen-bond donors (Lipinski definition) is 0. The van der Waals surface area contributed by atoms with Crippen LogP contribution in [0, 0.1) is 0 Å². The third kappa shape index (κ3) is 2.16. The molecule has 0 bridgehead atoms. The number of hydrogen-bond acceptors (Lipinski definition) is 1. The van der Waals surface area contributed by atoms with E-state index >= 15 is 0 Å². The van der Waals surface area contributed by atoms with Crippen LogP contribution in [0.3, 0.4) is 0 Å². The molecule has 0 amide bonds. The molecule has 2 heteroatoms. The molecule has 0 unspecified atom stereocenters. The predicted octanol–water partition coefficient (Wildman–Crippen LogP) is 3.64. The maximum Gasteiger partial charge on any atom is 0.150 e. The fourth-order valence-corrected chi connectivity index (χ4v) is 2.02. The molecule has 1 heterocycles. The molecule has 0 aliphatic heterocycles. The topological polar surface area (TPSA) is 22.0 Å². The van der Waals surface area contributed by atoms with Gasteiger partial charge in [-0.15, -0.1) is 0 Å². The first-order chi connectivity index (χ1) is 7.85. The van der Waals surface area contributed by atoms with Crippen LogP contribution < -0.4 is 0 Å². The van der Waals surface area contributed by atoms with E-state index in [9.17, 15) is 4.79 Å². The maximum absolute atomic E-state index is 10.7. The molecule has 2 rings (SSSR count). The monoisotopic (exact) mass is 215 g/mol. The average molecular weight is 215 g/mol. The summed E-state index contributed by atoms with van der Waals surface area (Å²) in [7, 11) is 0. The van der Waals surface area contributed by atoms with Gasteiger partial charge in [-0.2, -0.15) is 0 Å². The van der Waals surface area contributed by atoms with Crippen molar-refractivity contribution in [2.75, 3.05) is 0 Å². The van der Waals surface area contributed by atoms with E-state index < -0.39 is 0 Å². The van der Waals surface area contributed by atoms with Crippen molar-refractivity contribution in [2.24, 2.45) is 0 Å². The Hall–Kier alpha value is -1.57. The van der Waals surface area contributed by atoms with Gasteiger partial charge in [0.2, 0.25) is 0 Å². The van der Waals surface area contributed by atoms with Crippen LogP contribution >= 0.6 is 0 Å². The molecule has 1 aromatic heterocycles. The quantitative estimate of drug-likeness (QED) is 0.551. The van der Waals surface area contributed by atoms with Crippen LogP contribution in [0.25, 0.3) is 10.9 Å². The Morgan fingerprint density at radius 3 is 2.88 bits per heavy atom. The average Bonchev–Trinajstić information content (AvgIpc) is 2.72. The summed E-state index contributed by atoms with van der Waals surface area (Å²) in [4.78, 5) is 10.7. The summed E-state index contributed by atoms with van der Waals surface area (Å²) in [6.07, 6.45) is 6.74. The summed E-state index contributed by atoms with van der Waals surface area (Å²) in [6, 6.07) is 7.93. The van der Waals surface area contributed by atoms with Crippen molar-refractivity contribution < 1.29 is 4.79 Å². The standard InChI is InChI=1S/C14H17NO/c1-2-3-4-8-15-9-7-13-10-12(11-16)5-6-14(13)15/h5-7,9-11H,2-4,8H2,1H3. The molecule has 0 atom stereocenters. The Labute approximate surface area is 95.9 Å². The van der Waals surface area contributed by atoms with Crippen molar-refractivity contribution in [1.82, 2.24) is 4.57 Å². The first-order valence-corrected chi connectivity index (χ1v) is 5.89. The fraction of sp³-hybridized carbons (Fsp3) is 0.357. The van der Waals surface area contributed by atoms with Crippen molar-refractivity contribution in [3.05, 3.63) is 36.0 Å². The van der Waals surface area contributed by atoms with E-state index in [0.29, 0.717) is 0 Å². The number of carbonyl (C=O) groups is 1. The van der Waals surface area contributed by atoms with Crippen molar-refractivity contribution in [3.63, 3.8) is 0 Å². The first-order valence-electron chi connectivity index (χ1n) is 5.89. The lowest BCUT2D eigenvalue weighted by atomic mass is 10.2. The van der Waals surface area contributed by atoms with Crippen LogP contribution in [0.1, 0.15) is 36.5 Å². The van der Waals surface area contributed by atoms with E-state index in [4.69, 9.17) is 0 Å². The van der Waals surface area contributed by atoms with Gasteiger partial charge in [0.1, 0.15) is 6.29 Å². The third-order valence-corrected chi connectivity index (χ3v) is 2.93. The second-order valence-corrected chi connectivity index (χ2v) is 4.15. The lowest BCUT2D eigenvalue weighted by Crippen LogP contribution is -1.95. The highest BCUT2D eigenvalue weighted by atomic mass is 16.1. The molecular formula is C14H17NO. The summed E-state index contributed by atoms with van der Waals surface area (Å²) in [5.74, 6) is 0. The second kappa shape index (κ2) is 4.97. The number of unbranched alkanes of at least 4 members (excludes halogenated alkanes) is 2. The SMILES string of the molecule is CCCCCn1ccc2cc(C=O)ccc21. The number of aryl methyl sites for hydroxylation is 1. The Morgan fingerprint density at radius 2 is 2.12 bits per heavy atom. The predicted molar refractivity (Wildman–Crippen MR) is 66.9 cm³/mol. The van der Waals surface area contributed by atoms with Gasteiger partial charge in [0.15, 0.2) is 0 Å². The van der Waals surface area contributed by atoms with Gasteiger partial charge in [0.25, 0.3) is 0 Å². The van der Waals surface area contributed by atoms with Gasteiger partial charge in [-0.1, -0.05) is 19.8 Å². The van der Waals surface area contributed by atoms with E-state index in [0.717, 1.165) is 23.8 Å². The molecule has 84 valence electrons. The lowest BCUT2D eigenvalue weighted by molar-refractivity contribution is 0.112. The van der Waals surface area contributed by atoms with Crippen LogP contribution in [0.5, 0.6) is 0 Å². The number of aromatic nitrogens is 1. The van der Waals surface area contributed by atoms with Crippen molar-refractivity contribution in [2.45, 2.75) is 32.7 Å². The third-order valence-electron chi connectivity index (χ3n) is 2.93. The van der Waals surface area contributed by atoms with Gasteiger partial charge in [-0.3, -0.25) is 4.79 Å². The highest BCUT2D eigenvalue weighted by Gasteiger charge is 2.01. The molecule has 0 saturated heterocycles. The largest absolute Gasteiger partial charge is 0.347 e. The summed E-state index contributed by atoms with van der Waals surface area (Å²) in [5, 5.41) is 1.15. The van der Waals surface area contributed by atoms with Crippen LogP contribution in [-0.4, -0.2) is 10.9 Å². The van der Waals surface area contributed by atoms with Crippen LogP contribution in [0.4, 0.5) is 0 Å². The van der Waals surface area contributed by atoms with Crippen LogP contribution in [0.2, 0.25) is 0 Å². The van der Waals surface area contributed by atoms with Gasteiger partial charge in [0.05, 0.1) is 0 Å². The number of benzene rings is 1. The zero-order chi connectivity index (χ0) is 11.4. The highest BCUT2D eigenvalue weighted by Crippen LogP contribution is 2.17. The smallest absolute Gasteiger partial charge is 0.150 e. The number of nitrogens with zero attached hydrogens (tertiary/aromatic N) is 1. The van der Waals surface area contributed by atoms with Crippen molar-refractivity contribution in [3.8, 4) is 0 Å². The minimum atomic E-state index is 0.749. The summed E-state index contributed by atoms with van der Waals surface area (Å²) < 4.78 is 2.26. The highest BCUT2D eigenvalue weighted by molar-refractivity contribution is 5.87. The Morgan fingerprint density at radius 1 is 1.25 bits per heavy atom. The number of rotatable bonds is 5. The van der Waals surface area contributed by atoms with Gasteiger partial charge in [-0.25, -0.2) is 0 Å². The van der Waals surface area contributed by atoms with Gasteiger partial charge >= 0.3 is 0 Å². The summed E-state index contributed by atoms with van der Waals surface area (Å²) in [6.45, 7) is 3.28. The molecule has 0 saturated carbocycles. The summed E-state index contributed by atoms with van der Waals surface area (Å²) >= 11 is 0. The van der Waals surface area contributed by atoms with Gasteiger partial charge < -0.3 is 4.57 Å². The van der Waals surface area contributed by atoms with E-state index in [1.165, 1.54) is 24.8 Å². The fourth-order valence-electron chi connectivity index (χ4n) is 2.02. The van der Waals surface area contributed by atoms with Gasteiger partial charge in [0, 0.05) is 29.2 Å². The molecule has 16 heavy (non-hydrogen) atoms. The summed E-state index contributed by atoms with van der Waals surface area (Å²) in [5.41, 5.74) is 1.97. The van der Waals surface area contributed by atoms with Crippen LogP contribution in [-0.2, 0) is 6.54 Å². The van der Waals surface area contributed by atoms with Gasteiger partial charge in [-0.05, 0) is 30.7 Å². The minimum absolute atomic E-state index is 0.749. The van der Waals surface area contributed by atoms with Crippen molar-refractivity contribution in [1.29, 1.82) is 0 Å². The van der Waals surface area contributed by atoms with E-state index in [-0.39, 0.29) is 0 Å². The molecule has 1 aromatic carbocycles. The molecule has 0 spiro atoms. The Kier molecular flexibility index (Phi) is 3.40. The number of carbonyl (C=O) groups excluding carboxylic acids is 1. The zero-order valence-corrected chi connectivity index (χ0v) is 9.65. The molecule has 0 radical (unpaired) electrons. The molecule has 0 N–H and O–H groups in total. The normalized spacial score (nSPS) is 10.8. The molecule has 0 aliphatic carbocycles. The molecule has 2 nitrogen and oxygen atoms in total. The minimum Gasteiger partial charge on any atom is -0.347 e. The van der Waals surface area contributed by atoms with E-state index in [1.807, 2.05) is 18.2 Å². The first kappa shape index (κ1) is 10.9. The van der Waals surface area contributed by atoms with Crippen LogP contribution in [0.15, 0.2) is 30.5 Å². The lowest BCUT2D eigenvalue weighted by Gasteiger charge is -2.04.